The van der Waals surface area contributed by atoms with Crippen LogP contribution in [0.15, 0.2) is 57.3 Å². The highest BCUT2D eigenvalue weighted by atomic mass is 16.5. The number of allylic oxidation sites excluding steroid dienone is 2. The van der Waals surface area contributed by atoms with Crippen molar-refractivity contribution in [3.63, 3.8) is 0 Å². The molecule has 0 radical (unpaired) electrons. The van der Waals surface area contributed by atoms with Crippen LogP contribution in [0.2, 0.25) is 0 Å². The molecular weight excluding hydrogens is 492 g/mol. The molecule has 2 bridgehead atoms. The van der Waals surface area contributed by atoms with Gasteiger partial charge >= 0.3 is 5.63 Å². The van der Waals surface area contributed by atoms with Gasteiger partial charge in [-0.25, -0.2) is 4.79 Å². The van der Waals surface area contributed by atoms with E-state index in [-0.39, 0.29) is 11.4 Å². The zero-order valence-corrected chi connectivity index (χ0v) is 23.0. The van der Waals surface area contributed by atoms with Crippen molar-refractivity contribution in [1.29, 1.82) is 0 Å². The highest BCUT2D eigenvalue weighted by Gasteiger charge is 2.38. The number of phenolic OH excluding ortho intramolecular Hbond substituents is 1. The molecule has 3 atom stereocenters. The van der Waals surface area contributed by atoms with Gasteiger partial charge in [-0.15, -0.1) is 0 Å². The first-order chi connectivity index (χ1) is 18.8. The fraction of sp³-hybridized carbons (Fsp3) is 0.438. The maximum Gasteiger partial charge on any atom is 0.360 e. The number of carbonyl (C=O) groups is 1. The van der Waals surface area contributed by atoms with Gasteiger partial charge in [-0.2, -0.15) is 0 Å². The molecule has 2 fully saturated rings. The molecule has 3 aromatic rings. The van der Waals surface area contributed by atoms with Crippen LogP contribution in [0.5, 0.6) is 11.5 Å². The third kappa shape index (κ3) is 6.19. The van der Waals surface area contributed by atoms with Gasteiger partial charge < -0.3 is 24.9 Å². The summed E-state index contributed by atoms with van der Waals surface area (Å²) in [6.07, 6.45) is 8.90. The Hall–Kier alpha value is -3.58. The number of nitrogens with one attached hydrogen (secondary N) is 2. The molecule has 3 N–H and O–H groups in total. The Balaban J connectivity index is 1.21. The van der Waals surface area contributed by atoms with Crippen LogP contribution in [0, 0.1) is 18.8 Å². The third-order valence-electron chi connectivity index (χ3n) is 8.14. The van der Waals surface area contributed by atoms with Crippen molar-refractivity contribution in [1.82, 2.24) is 5.32 Å². The predicted molar refractivity (Wildman–Crippen MR) is 154 cm³/mol. The van der Waals surface area contributed by atoms with E-state index < -0.39 is 11.5 Å². The molecule has 0 spiro atoms. The molecule has 1 amide bonds. The smallest absolute Gasteiger partial charge is 0.360 e. The van der Waals surface area contributed by atoms with Gasteiger partial charge in [0.2, 0.25) is 0 Å². The van der Waals surface area contributed by atoms with Gasteiger partial charge in [0, 0.05) is 22.6 Å². The van der Waals surface area contributed by atoms with Crippen LogP contribution in [0.4, 0.5) is 5.69 Å². The molecule has 2 aromatic carbocycles. The van der Waals surface area contributed by atoms with Crippen molar-refractivity contribution < 1.29 is 19.1 Å². The van der Waals surface area contributed by atoms with Crippen molar-refractivity contribution in [3.8, 4) is 11.5 Å². The first-order valence-corrected chi connectivity index (χ1v) is 14.0. The number of aromatic hydroxyl groups is 1. The van der Waals surface area contributed by atoms with E-state index in [0.29, 0.717) is 46.9 Å². The zero-order chi connectivity index (χ0) is 27.5. The Morgan fingerprint density at radius 2 is 2.00 bits per heavy atom. The molecule has 0 saturated heterocycles. The molecule has 2 aliphatic rings. The molecule has 7 heteroatoms. The molecule has 1 heterocycles. The molecule has 0 aliphatic heterocycles. The Morgan fingerprint density at radius 3 is 2.74 bits per heavy atom. The number of phenols is 1. The number of hydrogen-bond acceptors (Lipinski definition) is 6. The second kappa shape index (κ2) is 11.7. The summed E-state index contributed by atoms with van der Waals surface area (Å²) in [5, 5.41) is 17.2. The number of benzene rings is 2. The lowest BCUT2D eigenvalue weighted by molar-refractivity contribution is 0.102. The van der Waals surface area contributed by atoms with E-state index in [0.717, 1.165) is 35.9 Å². The van der Waals surface area contributed by atoms with Gasteiger partial charge in [0.15, 0.2) is 0 Å². The molecule has 1 aromatic heterocycles. The Morgan fingerprint density at radius 1 is 1.15 bits per heavy atom. The van der Waals surface area contributed by atoms with Crippen LogP contribution in [0.3, 0.4) is 0 Å². The van der Waals surface area contributed by atoms with Crippen molar-refractivity contribution in [2.75, 3.05) is 18.5 Å². The molecule has 2 aliphatic carbocycles. The lowest BCUT2D eigenvalue weighted by atomic mass is 9.95. The lowest BCUT2D eigenvalue weighted by Gasteiger charge is -2.23. The molecule has 7 nitrogen and oxygen atoms in total. The molecular formula is C32H38N2O5. The summed E-state index contributed by atoms with van der Waals surface area (Å²) in [6.45, 7) is 7.34. The summed E-state index contributed by atoms with van der Waals surface area (Å²) in [7, 11) is 0. The highest BCUT2D eigenvalue weighted by Crippen LogP contribution is 2.44. The number of rotatable bonds is 10. The maximum atomic E-state index is 12.9. The summed E-state index contributed by atoms with van der Waals surface area (Å²) in [5.41, 5.74) is 2.74. The van der Waals surface area contributed by atoms with Gasteiger partial charge in [0.1, 0.15) is 22.8 Å². The van der Waals surface area contributed by atoms with E-state index in [1.54, 1.807) is 12.1 Å². The minimum atomic E-state index is -0.630. The molecule has 39 heavy (non-hydrogen) atoms. The minimum absolute atomic E-state index is 0.0613. The first kappa shape index (κ1) is 27.0. The molecule has 2 saturated carbocycles. The predicted octanol–water partition coefficient (Wildman–Crippen LogP) is 6.12. The second-order valence-electron chi connectivity index (χ2n) is 11.3. The van der Waals surface area contributed by atoms with Crippen molar-refractivity contribution in [3.05, 3.63) is 75.2 Å². The van der Waals surface area contributed by atoms with E-state index in [1.165, 1.54) is 37.8 Å². The van der Waals surface area contributed by atoms with Gasteiger partial charge in [-0.1, -0.05) is 18.1 Å². The molecule has 206 valence electrons. The Labute approximate surface area is 229 Å². The summed E-state index contributed by atoms with van der Waals surface area (Å²) in [5.74, 6) is 2.17. The number of ether oxygens (including phenoxy) is 1. The molecule has 1 unspecified atom stereocenters. The number of fused-ring (bicyclic) bond motifs is 3. The van der Waals surface area contributed by atoms with E-state index in [1.807, 2.05) is 39.0 Å². The summed E-state index contributed by atoms with van der Waals surface area (Å²) in [6, 6.07) is 10.7. The second-order valence-corrected chi connectivity index (χ2v) is 11.3. The lowest BCUT2D eigenvalue weighted by Crippen LogP contribution is -2.35. The number of amides is 1. The average Bonchev–Trinajstić information content (AvgIpc) is 3.54. The van der Waals surface area contributed by atoms with Crippen LogP contribution in [0.25, 0.3) is 11.0 Å². The van der Waals surface area contributed by atoms with E-state index in [2.05, 4.69) is 10.6 Å². The standard InChI is InChI=1S/C32H38N2O5/c1-19(2)5-7-23-17-25(9-11-28(23)35)31(36)34-27-18-24-10-12-29(20(3)30(24)39-32(27)37)38-14-4-13-33-26-16-21-6-8-22(26)15-21/h5,9-12,17-18,21-22,26,33,35H,4,6-8,13-16H2,1-3H3,(H,34,36)/t21-,22+,26?/m0/s1. The summed E-state index contributed by atoms with van der Waals surface area (Å²) >= 11 is 0. The van der Waals surface area contributed by atoms with Gasteiger partial charge in [-0.3, -0.25) is 4.79 Å². The summed E-state index contributed by atoms with van der Waals surface area (Å²) < 4.78 is 11.6. The van der Waals surface area contributed by atoms with Crippen molar-refractivity contribution >= 4 is 22.6 Å². The largest absolute Gasteiger partial charge is 0.508 e. The topological polar surface area (TPSA) is 101 Å². The fourth-order valence-corrected chi connectivity index (χ4v) is 5.98. The van der Waals surface area contributed by atoms with Crippen LogP contribution >= 0.6 is 0 Å². The van der Waals surface area contributed by atoms with Crippen LogP contribution < -0.4 is 21.0 Å². The van der Waals surface area contributed by atoms with Crippen LogP contribution in [0.1, 0.15) is 67.4 Å². The maximum absolute atomic E-state index is 12.9. The first-order valence-electron chi connectivity index (χ1n) is 14.0. The van der Waals surface area contributed by atoms with Crippen molar-refractivity contribution in [2.24, 2.45) is 11.8 Å². The number of carbonyl (C=O) groups excluding carboxylic acids is 1. The molecule has 5 rings (SSSR count). The van der Waals surface area contributed by atoms with Gasteiger partial charge in [-0.05, 0) is 113 Å². The van der Waals surface area contributed by atoms with E-state index in [9.17, 15) is 14.7 Å². The van der Waals surface area contributed by atoms with Crippen LogP contribution in [-0.2, 0) is 6.42 Å². The Bertz CT molecular complexity index is 1450. The zero-order valence-electron chi connectivity index (χ0n) is 23.0. The van der Waals surface area contributed by atoms with Crippen molar-refractivity contribution in [2.45, 2.75) is 65.3 Å². The number of anilines is 1. The Kier molecular flexibility index (Phi) is 8.07. The van der Waals surface area contributed by atoms with Gasteiger partial charge in [0.25, 0.3) is 5.91 Å². The highest BCUT2D eigenvalue weighted by molar-refractivity contribution is 6.05. The fourth-order valence-electron chi connectivity index (χ4n) is 5.98. The van der Waals surface area contributed by atoms with E-state index >= 15 is 0 Å². The van der Waals surface area contributed by atoms with Gasteiger partial charge in [0.05, 0.1) is 6.61 Å². The average molecular weight is 531 g/mol. The number of aryl methyl sites for hydroxylation is 1. The number of hydrogen-bond donors (Lipinski definition) is 3. The quantitative estimate of drug-likeness (QED) is 0.166. The minimum Gasteiger partial charge on any atom is -0.508 e. The third-order valence-corrected chi connectivity index (χ3v) is 8.14. The van der Waals surface area contributed by atoms with Crippen LogP contribution in [-0.4, -0.2) is 30.2 Å². The SMILES string of the molecule is CC(C)=CCc1cc(C(=O)Nc2cc3ccc(OCCCNC4C[C@H]5CC[C@@H]4C5)c(C)c3oc2=O)ccc1O. The monoisotopic (exact) mass is 530 g/mol. The summed E-state index contributed by atoms with van der Waals surface area (Å²) in [4.78, 5) is 25.7. The van der Waals surface area contributed by atoms with E-state index in [4.69, 9.17) is 9.15 Å². The normalized spacial score (nSPS) is 19.8.